The van der Waals surface area contributed by atoms with Crippen LogP contribution in [0.5, 0.6) is 0 Å². The van der Waals surface area contributed by atoms with Gasteiger partial charge in [-0.1, -0.05) is 47.7 Å². The summed E-state index contributed by atoms with van der Waals surface area (Å²) >= 11 is 3.00. The van der Waals surface area contributed by atoms with Crippen LogP contribution >= 0.6 is 23.1 Å². The zero-order chi connectivity index (χ0) is 20.9. The minimum Gasteiger partial charge on any atom is -0.311 e. The molecule has 1 atom stereocenters. The molecule has 0 radical (unpaired) electrons. The average molecular weight is 439 g/mol. The Kier molecular flexibility index (Phi) is 6.44. The molecule has 2 amide bonds. The number of benzene rings is 2. The molecule has 1 aliphatic heterocycles. The highest BCUT2D eigenvalue weighted by Crippen LogP contribution is 2.35. The fourth-order valence-corrected chi connectivity index (χ4v) is 5.11. The van der Waals surface area contributed by atoms with E-state index in [0.717, 1.165) is 21.2 Å². The van der Waals surface area contributed by atoms with Crippen molar-refractivity contribution < 1.29 is 9.59 Å². The second-order valence-electron chi connectivity index (χ2n) is 7.10. The van der Waals surface area contributed by atoms with Crippen LogP contribution in [0.3, 0.4) is 0 Å². The summed E-state index contributed by atoms with van der Waals surface area (Å²) in [5.74, 6) is 0.705. The molecule has 0 aliphatic carbocycles. The van der Waals surface area contributed by atoms with Gasteiger partial charge in [-0.2, -0.15) is 0 Å². The molecule has 154 valence electrons. The molecule has 6 nitrogen and oxygen atoms in total. The number of carbonyl (C=O) groups excluding carboxylic acids is 2. The van der Waals surface area contributed by atoms with E-state index in [9.17, 15) is 9.59 Å². The maximum absolute atomic E-state index is 12.5. The fourth-order valence-electron chi connectivity index (χ4n) is 3.38. The number of amides is 2. The second kappa shape index (κ2) is 9.40. The molecule has 0 saturated carbocycles. The van der Waals surface area contributed by atoms with Crippen molar-refractivity contribution in [3.8, 4) is 0 Å². The van der Waals surface area contributed by atoms with E-state index in [2.05, 4.69) is 15.5 Å². The van der Waals surface area contributed by atoms with Crippen molar-refractivity contribution in [2.45, 2.75) is 30.6 Å². The summed E-state index contributed by atoms with van der Waals surface area (Å²) in [7, 11) is 0. The van der Waals surface area contributed by atoms with E-state index in [1.54, 1.807) is 11.8 Å². The van der Waals surface area contributed by atoms with Crippen molar-refractivity contribution in [3.05, 3.63) is 65.2 Å². The van der Waals surface area contributed by atoms with Gasteiger partial charge in [-0.25, -0.2) is 0 Å². The molecule has 4 rings (SSSR count). The molecule has 1 aromatic heterocycles. The topological polar surface area (TPSA) is 75.2 Å². The van der Waals surface area contributed by atoms with Gasteiger partial charge in [0.1, 0.15) is 5.01 Å². The van der Waals surface area contributed by atoms with E-state index < -0.39 is 0 Å². The molecule has 0 bridgehead atoms. The lowest BCUT2D eigenvalue weighted by Gasteiger charge is -2.18. The number of thioether (sulfide) groups is 1. The minimum atomic E-state index is -0.0785. The third-order valence-electron chi connectivity index (χ3n) is 4.91. The van der Waals surface area contributed by atoms with E-state index in [0.29, 0.717) is 30.3 Å². The van der Waals surface area contributed by atoms with Gasteiger partial charge in [0, 0.05) is 41.6 Å². The summed E-state index contributed by atoms with van der Waals surface area (Å²) in [6.45, 7) is 2.59. The predicted molar refractivity (Wildman–Crippen MR) is 121 cm³/mol. The molecule has 1 aliphatic rings. The van der Waals surface area contributed by atoms with E-state index in [1.165, 1.54) is 11.3 Å². The summed E-state index contributed by atoms with van der Waals surface area (Å²) in [5, 5.41) is 12.4. The monoisotopic (exact) mass is 438 g/mol. The Morgan fingerprint density at radius 2 is 1.93 bits per heavy atom. The summed E-state index contributed by atoms with van der Waals surface area (Å²) in [5.41, 5.74) is 2.02. The number of para-hydroxylation sites is 1. The maximum atomic E-state index is 12.5. The van der Waals surface area contributed by atoms with Crippen LogP contribution in [0.4, 0.5) is 10.8 Å². The third-order valence-corrected chi connectivity index (χ3v) is 6.92. The smallest absolute Gasteiger partial charge is 0.227 e. The first-order chi connectivity index (χ1) is 14.6. The fraction of sp³-hybridized carbons (Fsp3) is 0.273. The molecule has 30 heavy (non-hydrogen) atoms. The normalized spacial score (nSPS) is 16.1. The van der Waals surface area contributed by atoms with Crippen LogP contribution in [0.15, 0.2) is 59.5 Å². The molecule has 8 heteroatoms. The highest BCUT2D eigenvalue weighted by Gasteiger charge is 2.34. The Labute approximate surface area is 183 Å². The van der Waals surface area contributed by atoms with E-state index in [-0.39, 0.29) is 17.7 Å². The molecule has 0 spiro atoms. The SMILES string of the molecule is Cc1ccccc1N1C[C@H](c2nnc(NC(=O)CCSc3ccccc3)s2)CC1=O. The number of nitrogens with one attached hydrogen (secondary N) is 1. The Morgan fingerprint density at radius 3 is 2.73 bits per heavy atom. The maximum Gasteiger partial charge on any atom is 0.227 e. The van der Waals surface area contributed by atoms with Gasteiger partial charge in [-0.3, -0.25) is 9.59 Å². The number of rotatable bonds is 7. The number of carbonyl (C=O) groups is 2. The zero-order valence-corrected chi connectivity index (χ0v) is 18.2. The average Bonchev–Trinajstić information content (AvgIpc) is 3.36. The number of aromatic nitrogens is 2. The molecule has 1 fully saturated rings. The predicted octanol–water partition coefficient (Wildman–Crippen LogP) is 4.49. The first-order valence-electron chi connectivity index (χ1n) is 9.77. The lowest BCUT2D eigenvalue weighted by molar-refractivity contribution is -0.117. The number of aryl methyl sites for hydroxylation is 1. The minimum absolute atomic E-state index is 0.00565. The van der Waals surface area contributed by atoms with Crippen molar-refractivity contribution in [3.63, 3.8) is 0 Å². The molecule has 3 aromatic rings. The quantitative estimate of drug-likeness (QED) is 0.550. The van der Waals surface area contributed by atoms with Crippen molar-refractivity contribution in [2.75, 3.05) is 22.5 Å². The summed E-state index contributed by atoms with van der Waals surface area (Å²) in [6.07, 6.45) is 0.808. The summed E-state index contributed by atoms with van der Waals surface area (Å²) < 4.78 is 0. The molecule has 0 unspecified atom stereocenters. The highest BCUT2D eigenvalue weighted by molar-refractivity contribution is 7.99. The van der Waals surface area contributed by atoms with Gasteiger partial charge in [0.25, 0.3) is 0 Å². The number of anilines is 2. The van der Waals surface area contributed by atoms with E-state index in [4.69, 9.17) is 0 Å². The molecule has 1 saturated heterocycles. The van der Waals surface area contributed by atoms with Crippen LogP contribution in [-0.2, 0) is 9.59 Å². The second-order valence-corrected chi connectivity index (χ2v) is 9.27. The first kappa shape index (κ1) is 20.6. The van der Waals surface area contributed by atoms with Gasteiger partial charge in [0.05, 0.1) is 0 Å². The van der Waals surface area contributed by atoms with Crippen molar-refractivity contribution in [1.82, 2.24) is 10.2 Å². The molecular weight excluding hydrogens is 416 g/mol. The molecule has 2 aromatic carbocycles. The van der Waals surface area contributed by atoms with Crippen LogP contribution in [0.2, 0.25) is 0 Å². The van der Waals surface area contributed by atoms with Crippen LogP contribution in [0.1, 0.15) is 29.3 Å². The Hall–Kier alpha value is -2.71. The summed E-state index contributed by atoms with van der Waals surface area (Å²) in [4.78, 5) is 27.7. The lowest BCUT2D eigenvalue weighted by Crippen LogP contribution is -2.25. The lowest BCUT2D eigenvalue weighted by atomic mass is 10.1. The molecular formula is C22H22N4O2S2. The van der Waals surface area contributed by atoms with E-state index >= 15 is 0 Å². The van der Waals surface area contributed by atoms with Gasteiger partial charge >= 0.3 is 0 Å². The van der Waals surface area contributed by atoms with Crippen LogP contribution in [0.25, 0.3) is 0 Å². The number of hydrogen-bond acceptors (Lipinski definition) is 6. The first-order valence-corrected chi connectivity index (χ1v) is 11.6. The third kappa shape index (κ3) is 4.88. The number of hydrogen-bond donors (Lipinski definition) is 1. The molecule has 1 N–H and O–H groups in total. The van der Waals surface area contributed by atoms with Crippen LogP contribution in [-0.4, -0.2) is 34.3 Å². The molecule has 2 heterocycles. The Bertz CT molecular complexity index is 1040. The van der Waals surface area contributed by atoms with Crippen LogP contribution in [0, 0.1) is 6.92 Å². The largest absolute Gasteiger partial charge is 0.311 e. The summed E-state index contributed by atoms with van der Waals surface area (Å²) in [6, 6.07) is 17.9. The van der Waals surface area contributed by atoms with Crippen molar-refractivity contribution in [1.29, 1.82) is 0 Å². The van der Waals surface area contributed by atoms with Gasteiger partial charge in [-0.05, 0) is 30.7 Å². The Morgan fingerprint density at radius 1 is 1.17 bits per heavy atom. The van der Waals surface area contributed by atoms with Gasteiger partial charge in [0.2, 0.25) is 16.9 Å². The van der Waals surface area contributed by atoms with Crippen molar-refractivity contribution in [2.24, 2.45) is 0 Å². The number of nitrogens with zero attached hydrogens (tertiary/aromatic N) is 3. The highest BCUT2D eigenvalue weighted by atomic mass is 32.2. The van der Waals surface area contributed by atoms with Crippen molar-refractivity contribution >= 4 is 45.7 Å². The van der Waals surface area contributed by atoms with Gasteiger partial charge < -0.3 is 10.2 Å². The standard InChI is InChI=1S/C22H22N4O2S2/c1-15-7-5-6-10-18(15)26-14-16(13-20(26)28)21-24-25-22(30-21)23-19(27)11-12-29-17-8-3-2-4-9-17/h2-10,16H,11-14H2,1H3,(H,23,25,27)/t16-/m1/s1. The zero-order valence-electron chi connectivity index (χ0n) is 16.6. The van der Waals surface area contributed by atoms with Gasteiger partial charge in [0.15, 0.2) is 0 Å². The van der Waals surface area contributed by atoms with Crippen LogP contribution < -0.4 is 10.2 Å². The van der Waals surface area contributed by atoms with E-state index in [1.807, 2.05) is 66.4 Å². The van der Waals surface area contributed by atoms with Gasteiger partial charge in [-0.15, -0.1) is 22.0 Å². The Balaban J connectivity index is 1.31.